The quantitative estimate of drug-likeness (QED) is 0.823. The zero-order chi connectivity index (χ0) is 18.5. The molecule has 6 heteroatoms. The number of carbonyl (C=O) groups excluding carboxylic acids is 2. The lowest BCUT2D eigenvalue weighted by molar-refractivity contribution is -0.135. The van der Waals surface area contributed by atoms with Crippen LogP contribution < -0.4 is 10.3 Å². The zero-order valence-electron chi connectivity index (χ0n) is 15.5. The molecule has 1 aliphatic carbocycles. The average molecular weight is 357 g/mol. The Morgan fingerprint density at radius 3 is 2.54 bits per heavy atom. The van der Waals surface area contributed by atoms with Gasteiger partial charge in [0, 0.05) is 12.5 Å². The molecule has 0 spiro atoms. The van der Waals surface area contributed by atoms with Gasteiger partial charge in [0.15, 0.2) is 0 Å². The Balaban J connectivity index is 1.73. The SMILES string of the molecule is CCOC(=O)C1=NN(c2ccccc2)C(C(=O)NC2CCC(C)CC2)C1. The number of hydrogen-bond acceptors (Lipinski definition) is 5. The van der Waals surface area contributed by atoms with Gasteiger partial charge in [0.1, 0.15) is 11.8 Å². The lowest BCUT2D eigenvalue weighted by Crippen LogP contribution is -2.47. The van der Waals surface area contributed by atoms with Crippen molar-refractivity contribution in [2.24, 2.45) is 11.0 Å². The van der Waals surface area contributed by atoms with E-state index in [1.807, 2.05) is 30.3 Å². The number of benzene rings is 1. The number of esters is 1. The number of nitrogens with one attached hydrogen (secondary N) is 1. The van der Waals surface area contributed by atoms with E-state index in [1.165, 1.54) is 0 Å². The van der Waals surface area contributed by atoms with E-state index in [2.05, 4.69) is 17.3 Å². The molecule has 1 fully saturated rings. The van der Waals surface area contributed by atoms with Crippen LogP contribution in [0.15, 0.2) is 35.4 Å². The number of amides is 1. The number of para-hydroxylation sites is 1. The summed E-state index contributed by atoms with van der Waals surface area (Å²) in [4.78, 5) is 25.0. The van der Waals surface area contributed by atoms with Gasteiger partial charge in [0.25, 0.3) is 0 Å². The van der Waals surface area contributed by atoms with E-state index in [0.717, 1.165) is 37.3 Å². The van der Waals surface area contributed by atoms with Crippen molar-refractivity contribution >= 4 is 23.3 Å². The highest BCUT2D eigenvalue weighted by Crippen LogP contribution is 2.27. The van der Waals surface area contributed by atoms with E-state index < -0.39 is 12.0 Å². The number of rotatable bonds is 5. The van der Waals surface area contributed by atoms with Crippen molar-refractivity contribution in [3.05, 3.63) is 30.3 Å². The smallest absolute Gasteiger partial charge is 0.354 e. The molecule has 0 bridgehead atoms. The standard InChI is InChI=1S/C20H27N3O3/c1-3-26-20(25)17-13-18(23(22-17)16-7-5-4-6-8-16)19(24)21-15-11-9-14(2)10-12-15/h4-8,14-15,18H,3,9-13H2,1-2H3,(H,21,24). The minimum Gasteiger partial charge on any atom is -0.461 e. The molecular weight excluding hydrogens is 330 g/mol. The Kier molecular flexibility index (Phi) is 5.91. The minimum atomic E-state index is -0.517. The summed E-state index contributed by atoms with van der Waals surface area (Å²) in [7, 11) is 0. The maximum absolute atomic E-state index is 12.9. The van der Waals surface area contributed by atoms with Gasteiger partial charge in [-0.25, -0.2) is 4.79 Å². The van der Waals surface area contributed by atoms with Crippen molar-refractivity contribution in [3.63, 3.8) is 0 Å². The number of hydrazone groups is 1. The van der Waals surface area contributed by atoms with Crippen molar-refractivity contribution in [2.45, 2.75) is 58.0 Å². The van der Waals surface area contributed by atoms with Gasteiger partial charge in [-0.2, -0.15) is 5.10 Å². The molecule has 0 radical (unpaired) electrons. The number of carbonyl (C=O) groups is 2. The Hall–Kier alpha value is -2.37. The molecule has 3 rings (SSSR count). The average Bonchev–Trinajstić information content (AvgIpc) is 3.10. The monoisotopic (exact) mass is 357 g/mol. The maximum atomic E-state index is 12.9. The molecule has 1 N–H and O–H groups in total. The Labute approximate surface area is 154 Å². The molecule has 1 saturated carbocycles. The third kappa shape index (κ3) is 4.23. The maximum Gasteiger partial charge on any atom is 0.354 e. The molecule has 1 atom stereocenters. The first-order valence-corrected chi connectivity index (χ1v) is 9.47. The van der Waals surface area contributed by atoms with Crippen LogP contribution in [-0.2, 0) is 14.3 Å². The number of anilines is 1. The fourth-order valence-corrected chi connectivity index (χ4v) is 3.57. The minimum absolute atomic E-state index is 0.0727. The lowest BCUT2D eigenvalue weighted by atomic mass is 9.87. The second-order valence-electron chi connectivity index (χ2n) is 7.13. The highest BCUT2D eigenvalue weighted by atomic mass is 16.5. The predicted octanol–water partition coefficient (Wildman–Crippen LogP) is 2.88. The number of nitrogens with zero attached hydrogens (tertiary/aromatic N) is 2. The second-order valence-corrected chi connectivity index (χ2v) is 7.13. The van der Waals surface area contributed by atoms with Crippen molar-refractivity contribution in [1.82, 2.24) is 5.32 Å². The zero-order valence-corrected chi connectivity index (χ0v) is 15.5. The van der Waals surface area contributed by atoms with Crippen LogP contribution in [0.4, 0.5) is 5.69 Å². The lowest BCUT2D eigenvalue weighted by Gasteiger charge is -2.29. The van der Waals surface area contributed by atoms with E-state index in [-0.39, 0.29) is 18.4 Å². The van der Waals surface area contributed by atoms with Crippen LogP contribution in [0.3, 0.4) is 0 Å². The van der Waals surface area contributed by atoms with Gasteiger partial charge >= 0.3 is 5.97 Å². The molecule has 0 aromatic heterocycles. The van der Waals surface area contributed by atoms with E-state index in [0.29, 0.717) is 12.3 Å². The summed E-state index contributed by atoms with van der Waals surface area (Å²) in [6.07, 6.45) is 4.57. The first-order chi connectivity index (χ1) is 12.6. The Bertz CT molecular complexity index is 666. The first kappa shape index (κ1) is 18.4. The van der Waals surface area contributed by atoms with Crippen LogP contribution in [0.25, 0.3) is 0 Å². The summed E-state index contributed by atoms with van der Waals surface area (Å²) < 4.78 is 5.07. The van der Waals surface area contributed by atoms with Gasteiger partial charge in [-0.05, 0) is 50.7 Å². The van der Waals surface area contributed by atoms with Crippen molar-refractivity contribution in [2.75, 3.05) is 11.6 Å². The molecular formula is C20H27N3O3. The summed E-state index contributed by atoms with van der Waals surface area (Å²) in [6.45, 7) is 4.31. The van der Waals surface area contributed by atoms with Gasteiger partial charge in [-0.15, -0.1) is 0 Å². The summed E-state index contributed by atoms with van der Waals surface area (Å²) in [5.41, 5.74) is 1.09. The van der Waals surface area contributed by atoms with E-state index >= 15 is 0 Å². The molecule has 1 aromatic rings. The third-order valence-electron chi connectivity index (χ3n) is 5.11. The van der Waals surface area contributed by atoms with Crippen LogP contribution in [-0.4, -0.2) is 36.3 Å². The van der Waals surface area contributed by atoms with E-state index in [1.54, 1.807) is 11.9 Å². The fraction of sp³-hybridized carbons (Fsp3) is 0.550. The van der Waals surface area contributed by atoms with Crippen LogP contribution in [0, 0.1) is 5.92 Å². The van der Waals surface area contributed by atoms with Gasteiger partial charge in [0.05, 0.1) is 12.3 Å². The summed E-state index contributed by atoms with van der Waals surface area (Å²) >= 11 is 0. The van der Waals surface area contributed by atoms with Gasteiger partial charge in [-0.1, -0.05) is 25.1 Å². The molecule has 1 heterocycles. The first-order valence-electron chi connectivity index (χ1n) is 9.47. The molecule has 1 aromatic carbocycles. The highest BCUT2D eigenvalue weighted by Gasteiger charge is 2.37. The summed E-state index contributed by atoms with van der Waals surface area (Å²) in [5, 5.41) is 9.21. The molecule has 1 aliphatic heterocycles. The molecule has 26 heavy (non-hydrogen) atoms. The summed E-state index contributed by atoms with van der Waals surface area (Å²) in [5.74, 6) is 0.209. The highest BCUT2D eigenvalue weighted by molar-refractivity contribution is 6.38. The third-order valence-corrected chi connectivity index (χ3v) is 5.11. The molecule has 1 amide bonds. The molecule has 0 saturated heterocycles. The van der Waals surface area contributed by atoms with Crippen LogP contribution in [0.5, 0.6) is 0 Å². The predicted molar refractivity (Wildman–Crippen MR) is 101 cm³/mol. The Morgan fingerprint density at radius 2 is 1.88 bits per heavy atom. The number of ether oxygens (including phenoxy) is 1. The van der Waals surface area contributed by atoms with Gasteiger partial charge < -0.3 is 10.1 Å². The topological polar surface area (TPSA) is 71.0 Å². The largest absolute Gasteiger partial charge is 0.461 e. The normalized spacial score (nSPS) is 25.5. The fourth-order valence-electron chi connectivity index (χ4n) is 3.57. The summed E-state index contributed by atoms with van der Waals surface area (Å²) in [6, 6.07) is 9.17. The van der Waals surface area contributed by atoms with Gasteiger partial charge in [-0.3, -0.25) is 9.80 Å². The number of hydrogen-bond donors (Lipinski definition) is 1. The van der Waals surface area contributed by atoms with E-state index in [4.69, 9.17) is 4.74 Å². The van der Waals surface area contributed by atoms with Crippen LogP contribution >= 0.6 is 0 Å². The molecule has 1 unspecified atom stereocenters. The Morgan fingerprint density at radius 1 is 1.19 bits per heavy atom. The van der Waals surface area contributed by atoms with Crippen LogP contribution in [0.1, 0.15) is 46.0 Å². The van der Waals surface area contributed by atoms with Crippen LogP contribution in [0.2, 0.25) is 0 Å². The second kappa shape index (κ2) is 8.34. The van der Waals surface area contributed by atoms with Crippen molar-refractivity contribution < 1.29 is 14.3 Å². The van der Waals surface area contributed by atoms with Crippen molar-refractivity contribution in [3.8, 4) is 0 Å². The van der Waals surface area contributed by atoms with Gasteiger partial charge in [0.2, 0.25) is 5.91 Å². The van der Waals surface area contributed by atoms with Crippen molar-refractivity contribution in [1.29, 1.82) is 0 Å². The molecule has 6 nitrogen and oxygen atoms in total. The molecule has 140 valence electrons. The van der Waals surface area contributed by atoms with E-state index in [9.17, 15) is 9.59 Å². The molecule has 2 aliphatic rings.